The molecule has 1 saturated heterocycles. The highest BCUT2D eigenvalue weighted by Gasteiger charge is 2.23. The molecule has 11 heteroatoms. The minimum absolute atomic E-state index is 0.146. The zero-order valence-corrected chi connectivity index (χ0v) is 16.3. The van der Waals surface area contributed by atoms with Crippen LogP contribution in [0.15, 0.2) is 30.9 Å². The van der Waals surface area contributed by atoms with Gasteiger partial charge in [0.1, 0.15) is 23.1 Å². The van der Waals surface area contributed by atoms with Crippen molar-refractivity contribution in [2.45, 2.75) is 12.8 Å². The number of carbonyl (C=O) groups excluding carboxylic acids is 1. The van der Waals surface area contributed by atoms with Gasteiger partial charge in [0.05, 0.1) is 12.9 Å². The van der Waals surface area contributed by atoms with Gasteiger partial charge in [0.2, 0.25) is 5.91 Å². The van der Waals surface area contributed by atoms with E-state index in [1.54, 1.807) is 6.33 Å². The van der Waals surface area contributed by atoms with Gasteiger partial charge in [0.15, 0.2) is 17.0 Å². The topological polar surface area (TPSA) is 129 Å². The van der Waals surface area contributed by atoms with E-state index in [0.29, 0.717) is 49.5 Å². The summed E-state index contributed by atoms with van der Waals surface area (Å²) in [4.78, 5) is 32.5. The van der Waals surface area contributed by atoms with Crippen molar-refractivity contribution in [1.82, 2.24) is 40.2 Å². The van der Waals surface area contributed by atoms with Crippen LogP contribution in [0.4, 0.5) is 5.82 Å². The van der Waals surface area contributed by atoms with Gasteiger partial charge in [-0.2, -0.15) is 15.4 Å². The Morgan fingerprint density at radius 1 is 1.10 bits per heavy atom. The van der Waals surface area contributed by atoms with Crippen molar-refractivity contribution in [3.8, 4) is 5.75 Å². The van der Waals surface area contributed by atoms with Gasteiger partial charge in [-0.15, -0.1) is 0 Å². The van der Waals surface area contributed by atoms with Crippen LogP contribution in [0.25, 0.3) is 22.2 Å². The summed E-state index contributed by atoms with van der Waals surface area (Å²) < 4.78 is 5.80. The van der Waals surface area contributed by atoms with Crippen molar-refractivity contribution >= 4 is 33.9 Å². The molecule has 11 nitrogen and oxygen atoms in total. The fourth-order valence-electron chi connectivity index (χ4n) is 3.68. The Labute approximate surface area is 171 Å². The fraction of sp³-hybridized carbons (Fsp3) is 0.368. The van der Waals surface area contributed by atoms with E-state index in [9.17, 15) is 4.79 Å². The number of piperazine rings is 1. The maximum absolute atomic E-state index is 12.6. The number of amides is 1. The molecule has 0 saturated carbocycles. The van der Waals surface area contributed by atoms with Crippen LogP contribution in [0.3, 0.4) is 0 Å². The summed E-state index contributed by atoms with van der Waals surface area (Å²) in [6.07, 6.45) is 4.24. The number of aromatic nitrogens is 7. The molecule has 0 spiro atoms. The number of hydrogen-bond acceptors (Lipinski definition) is 8. The second kappa shape index (κ2) is 7.93. The monoisotopic (exact) mass is 407 g/mol. The highest BCUT2D eigenvalue weighted by atomic mass is 16.5. The second-order valence-corrected chi connectivity index (χ2v) is 7.07. The summed E-state index contributed by atoms with van der Waals surface area (Å²) in [6, 6.07) is 5.60. The number of nitrogens with one attached hydrogen (secondary N) is 2. The molecule has 1 aromatic carbocycles. The minimum Gasteiger partial charge on any atom is -0.491 e. The average molecular weight is 407 g/mol. The van der Waals surface area contributed by atoms with Crippen LogP contribution in [-0.2, 0) is 4.79 Å². The molecule has 0 unspecified atom stereocenters. The Morgan fingerprint density at radius 3 is 2.90 bits per heavy atom. The molecule has 154 valence electrons. The van der Waals surface area contributed by atoms with Crippen LogP contribution in [-0.4, -0.2) is 78.9 Å². The Morgan fingerprint density at radius 2 is 2.00 bits per heavy atom. The summed E-state index contributed by atoms with van der Waals surface area (Å²) in [5, 5.41) is 10.7. The normalized spacial score (nSPS) is 14.5. The number of benzene rings is 1. The Balaban J connectivity index is 1.10. The lowest BCUT2D eigenvalue weighted by Crippen LogP contribution is -2.49. The molecule has 0 atom stereocenters. The van der Waals surface area contributed by atoms with Crippen LogP contribution < -0.4 is 9.64 Å². The first-order valence-corrected chi connectivity index (χ1v) is 9.89. The van der Waals surface area contributed by atoms with E-state index in [0.717, 1.165) is 29.9 Å². The summed E-state index contributed by atoms with van der Waals surface area (Å²) in [6.45, 7) is 3.23. The molecule has 1 aliphatic heterocycles. The summed E-state index contributed by atoms with van der Waals surface area (Å²) in [7, 11) is 0. The zero-order chi connectivity index (χ0) is 20.3. The second-order valence-electron chi connectivity index (χ2n) is 7.07. The SMILES string of the molecule is O=C(CCCOc1cccc2n[nH]nc12)N1CCN(c2ncnc3nc[nH]c23)CC1. The molecule has 30 heavy (non-hydrogen) atoms. The van der Waals surface area contributed by atoms with E-state index in [1.807, 2.05) is 23.1 Å². The lowest BCUT2D eigenvalue weighted by molar-refractivity contribution is -0.131. The minimum atomic E-state index is 0.146. The maximum atomic E-state index is 12.6. The lowest BCUT2D eigenvalue weighted by Gasteiger charge is -2.35. The predicted octanol–water partition coefficient (Wildman–Crippen LogP) is 1.13. The van der Waals surface area contributed by atoms with Crippen molar-refractivity contribution in [1.29, 1.82) is 0 Å². The average Bonchev–Trinajstić information content (AvgIpc) is 3.46. The largest absolute Gasteiger partial charge is 0.491 e. The number of carbonyl (C=O) groups is 1. The molecular formula is C19H21N9O2. The number of aromatic amines is 2. The summed E-state index contributed by atoms with van der Waals surface area (Å²) in [5.74, 6) is 1.66. The number of anilines is 1. The highest BCUT2D eigenvalue weighted by molar-refractivity contribution is 5.83. The molecule has 1 amide bonds. The number of para-hydroxylation sites is 1. The molecule has 1 fully saturated rings. The molecule has 5 rings (SSSR count). The molecular weight excluding hydrogens is 386 g/mol. The van der Waals surface area contributed by atoms with Gasteiger partial charge in [-0.05, 0) is 18.6 Å². The first kappa shape index (κ1) is 18.3. The summed E-state index contributed by atoms with van der Waals surface area (Å²) in [5.41, 5.74) is 2.95. The van der Waals surface area contributed by atoms with E-state index in [-0.39, 0.29) is 5.91 Å². The number of nitrogens with zero attached hydrogens (tertiary/aromatic N) is 7. The number of hydrogen-bond donors (Lipinski definition) is 2. The number of ether oxygens (including phenoxy) is 1. The first-order valence-electron chi connectivity index (χ1n) is 9.89. The third kappa shape index (κ3) is 3.49. The maximum Gasteiger partial charge on any atom is 0.222 e. The van der Waals surface area contributed by atoms with Gasteiger partial charge < -0.3 is 19.5 Å². The van der Waals surface area contributed by atoms with Crippen LogP contribution in [0, 0.1) is 0 Å². The van der Waals surface area contributed by atoms with E-state index >= 15 is 0 Å². The van der Waals surface area contributed by atoms with Crippen LogP contribution >= 0.6 is 0 Å². The lowest BCUT2D eigenvalue weighted by atomic mass is 10.2. The van der Waals surface area contributed by atoms with Gasteiger partial charge in [-0.25, -0.2) is 15.0 Å². The molecule has 1 aliphatic rings. The van der Waals surface area contributed by atoms with Crippen molar-refractivity contribution in [3.05, 3.63) is 30.9 Å². The Hall–Kier alpha value is -3.76. The van der Waals surface area contributed by atoms with Gasteiger partial charge in [-0.1, -0.05) is 6.07 Å². The van der Waals surface area contributed by atoms with E-state index < -0.39 is 0 Å². The molecule has 2 N–H and O–H groups in total. The molecule has 0 radical (unpaired) electrons. The third-order valence-electron chi connectivity index (χ3n) is 5.24. The van der Waals surface area contributed by atoms with E-state index in [1.165, 1.54) is 6.33 Å². The number of imidazole rings is 1. The van der Waals surface area contributed by atoms with Gasteiger partial charge in [0, 0.05) is 32.6 Å². The summed E-state index contributed by atoms with van der Waals surface area (Å²) >= 11 is 0. The Bertz CT molecular complexity index is 1160. The standard InChI is InChI=1S/C19H21N9O2/c29-15(5-2-10-30-14-4-1-3-13-16(14)25-26-24-13)27-6-8-28(9-7-27)19-17-18(21-11-20-17)22-12-23-19/h1,3-4,11-12H,2,5-10H2,(H,24,25,26)(H,20,21,22,23). The third-order valence-corrected chi connectivity index (χ3v) is 5.24. The van der Waals surface area contributed by atoms with Crippen LogP contribution in [0.5, 0.6) is 5.75 Å². The van der Waals surface area contributed by atoms with Crippen molar-refractivity contribution in [2.75, 3.05) is 37.7 Å². The van der Waals surface area contributed by atoms with Crippen molar-refractivity contribution in [3.63, 3.8) is 0 Å². The number of H-pyrrole nitrogens is 2. The molecule has 0 aliphatic carbocycles. The fourth-order valence-corrected chi connectivity index (χ4v) is 3.68. The van der Waals surface area contributed by atoms with Crippen molar-refractivity contribution in [2.24, 2.45) is 0 Å². The van der Waals surface area contributed by atoms with Gasteiger partial charge in [-0.3, -0.25) is 4.79 Å². The van der Waals surface area contributed by atoms with E-state index in [2.05, 4.69) is 40.2 Å². The molecule has 4 aromatic rings. The Kier molecular flexibility index (Phi) is 4.83. The smallest absolute Gasteiger partial charge is 0.222 e. The number of fused-ring (bicyclic) bond motifs is 2. The van der Waals surface area contributed by atoms with Gasteiger partial charge in [0.25, 0.3) is 0 Å². The predicted molar refractivity (Wildman–Crippen MR) is 109 cm³/mol. The van der Waals surface area contributed by atoms with Crippen LogP contribution in [0.2, 0.25) is 0 Å². The first-order chi connectivity index (χ1) is 14.8. The molecule has 0 bridgehead atoms. The zero-order valence-electron chi connectivity index (χ0n) is 16.3. The quantitative estimate of drug-likeness (QED) is 0.455. The molecule has 3 aromatic heterocycles. The van der Waals surface area contributed by atoms with E-state index in [4.69, 9.17) is 4.74 Å². The van der Waals surface area contributed by atoms with Crippen molar-refractivity contribution < 1.29 is 9.53 Å². The molecule has 4 heterocycles. The van der Waals surface area contributed by atoms with Crippen LogP contribution in [0.1, 0.15) is 12.8 Å². The van der Waals surface area contributed by atoms with Gasteiger partial charge >= 0.3 is 0 Å². The number of rotatable bonds is 6. The highest BCUT2D eigenvalue weighted by Crippen LogP contribution is 2.22.